The Bertz CT molecular complexity index is 961. The molecule has 0 aliphatic carbocycles. The molecule has 1 amide bonds. The number of rotatable bonds is 6. The Balaban J connectivity index is 2.44. The Hall–Kier alpha value is -1.76. The summed E-state index contributed by atoms with van der Waals surface area (Å²) in [5.74, 6) is -0.414. The van der Waals surface area contributed by atoms with Crippen molar-refractivity contribution < 1.29 is 13.2 Å². The molecule has 0 aromatic heterocycles. The molecular formula is C19H22Cl2N2O3S. The summed E-state index contributed by atoms with van der Waals surface area (Å²) < 4.78 is 26.0. The Morgan fingerprint density at radius 3 is 2.33 bits per heavy atom. The molecule has 146 valence electrons. The van der Waals surface area contributed by atoms with Crippen molar-refractivity contribution in [2.75, 3.05) is 15.9 Å². The van der Waals surface area contributed by atoms with E-state index in [1.807, 2.05) is 32.0 Å². The quantitative estimate of drug-likeness (QED) is 0.718. The van der Waals surface area contributed by atoms with Crippen molar-refractivity contribution in [1.29, 1.82) is 0 Å². The summed E-state index contributed by atoms with van der Waals surface area (Å²) in [4.78, 5) is 12.9. The van der Waals surface area contributed by atoms with E-state index in [-0.39, 0.29) is 17.1 Å². The monoisotopic (exact) mass is 428 g/mol. The molecule has 2 rings (SSSR count). The van der Waals surface area contributed by atoms with Crippen molar-refractivity contribution in [2.24, 2.45) is 0 Å². The number of sulfonamides is 1. The summed E-state index contributed by atoms with van der Waals surface area (Å²) in [5.41, 5.74) is 2.83. The van der Waals surface area contributed by atoms with E-state index in [1.54, 1.807) is 6.92 Å². The summed E-state index contributed by atoms with van der Waals surface area (Å²) in [7, 11) is -3.74. The minimum absolute atomic E-state index is 0.215. The molecule has 0 fully saturated rings. The van der Waals surface area contributed by atoms with Crippen LogP contribution in [0.4, 0.5) is 11.4 Å². The fourth-order valence-corrected chi connectivity index (χ4v) is 4.26. The normalized spacial score (nSPS) is 12.5. The van der Waals surface area contributed by atoms with E-state index in [4.69, 9.17) is 23.2 Å². The number of nitrogens with zero attached hydrogens (tertiary/aromatic N) is 1. The third-order valence-corrected chi connectivity index (χ3v) is 6.06. The van der Waals surface area contributed by atoms with Crippen molar-refractivity contribution in [3.05, 3.63) is 57.6 Å². The summed E-state index contributed by atoms with van der Waals surface area (Å²) in [6.45, 7) is 5.55. The van der Waals surface area contributed by atoms with Gasteiger partial charge in [0.05, 0.1) is 22.0 Å². The SMILES string of the molecule is CCC(C(=O)Nc1cc(C)ccc1C)N(c1ccc(Cl)c(Cl)c1)S(C)(=O)=O. The maximum Gasteiger partial charge on any atom is 0.248 e. The van der Waals surface area contributed by atoms with Crippen LogP contribution in [0.3, 0.4) is 0 Å². The lowest BCUT2D eigenvalue weighted by molar-refractivity contribution is -0.117. The van der Waals surface area contributed by atoms with Gasteiger partial charge in [0.15, 0.2) is 0 Å². The molecule has 2 aromatic carbocycles. The zero-order valence-corrected chi connectivity index (χ0v) is 17.9. The van der Waals surface area contributed by atoms with Gasteiger partial charge in [0, 0.05) is 5.69 Å². The third kappa shape index (κ3) is 5.15. The average Bonchev–Trinajstić information content (AvgIpc) is 2.57. The molecular weight excluding hydrogens is 407 g/mol. The fourth-order valence-electron chi connectivity index (χ4n) is 2.77. The number of hydrogen-bond acceptors (Lipinski definition) is 3. The van der Waals surface area contributed by atoms with Crippen molar-refractivity contribution in [3.63, 3.8) is 0 Å². The smallest absolute Gasteiger partial charge is 0.248 e. The minimum Gasteiger partial charge on any atom is -0.324 e. The number of anilines is 2. The molecule has 1 atom stereocenters. The zero-order chi connectivity index (χ0) is 20.4. The molecule has 0 saturated carbocycles. The van der Waals surface area contributed by atoms with E-state index < -0.39 is 22.0 Å². The van der Waals surface area contributed by atoms with Gasteiger partial charge >= 0.3 is 0 Å². The number of hydrogen-bond donors (Lipinski definition) is 1. The van der Waals surface area contributed by atoms with E-state index in [0.717, 1.165) is 21.7 Å². The third-order valence-electron chi connectivity index (χ3n) is 4.14. The van der Waals surface area contributed by atoms with Crippen molar-refractivity contribution >= 4 is 50.5 Å². The number of carbonyl (C=O) groups is 1. The zero-order valence-electron chi connectivity index (χ0n) is 15.6. The molecule has 0 radical (unpaired) electrons. The molecule has 27 heavy (non-hydrogen) atoms. The number of carbonyl (C=O) groups excluding carboxylic acids is 1. The molecule has 0 heterocycles. The molecule has 5 nitrogen and oxygen atoms in total. The van der Waals surface area contributed by atoms with Gasteiger partial charge in [0.25, 0.3) is 0 Å². The van der Waals surface area contributed by atoms with Crippen molar-refractivity contribution in [1.82, 2.24) is 0 Å². The number of aryl methyl sites for hydroxylation is 2. The second-order valence-corrected chi connectivity index (χ2v) is 9.06. The minimum atomic E-state index is -3.74. The van der Waals surface area contributed by atoms with Crippen LogP contribution in [-0.2, 0) is 14.8 Å². The van der Waals surface area contributed by atoms with Gasteiger partial charge in [0.1, 0.15) is 6.04 Å². The van der Waals surface area contributed by atoms with E-state index in [0.29, 0.717) is 10.7 Å². The summed E-state index contributed by atoms with van der Waals surface area (Å²) >= 11 is 12.0. The molecule has 1 N–H and O–H groups in total. The van der Waals surface area contributed by atoms with Crippen LogP contribution in [-0.4, -0.2) is 26.6 Å². The van der Waals surface area contributed by atoms with E-state index in [2.05, 4.69) is 5.32 Å². The fraction of sp³-hybridized carbons (Fsp3) is 0.316. The van der Waals surface area contributed by atoms with E-state index >= 15 is 0 Å². The van der Waals surface area contributed by atoms with Crippen LogP contribution in [0, 0.1) is 13.8 Å². The average molecular weight is 429 g/mol. The highest BCUT2D eigenvalue weighted by molar-refractivity contribution is 7.92. The van der Waals surface area contributed by atoms with E-state index in [1.165, 1.54) is 18.2 Å². The highest BCUT2D eigenvalue weighted by Crippen LogP contribution is 2.30. The highest BCUT2D eigenvalue weighted by atomic mass is 35.5. The summed E-state index contributed by atoms with van der Waals surface area (Å²) in [5, 5.41) is 3.37. The molecule has 0 aliphatic heterocycles. The standard InChI is InChI=1S/C19H22Cl2N2O3S/c1-5-18(19(24)22-17-10-12(2)6-7-13(17)3)23(27(4,25)26)14-8-9-15(20)16(21)11-14/h6-11,18H,5H2,1-4H3,(H,22,24). The van der Waals surface area contributed by atoms with Gasteiger partial charge in [-0.15, -0.1) is 0 Å². The summed E-state index contributed by atoms with van der Waals surface area (Å²) in [6, 6.07) is 9.25. The molecule has 0 bridgehead atoms. The molecule has 2 aromatic rings. The van der Waals surface area contributed by atoms with Gasteiger partial charge in [-0.2, -0.15) is 0 Å². The van der Waals surface area contributed by atoms with Crippen LogP contribution >= 0.6 is 23.2 Å². The predicted molar refractivity (Wildman–Crippen MR) is 112 cm³/mol. The maximum absolute atomic E-state index is 12.9. The Kier molecular flexibility index (Phi) is 6.78. The predicted octanol–water partition coefficient (Wildman–Crippen LogP) is 4.79. The lowest BCUT2D eigenvalue weighted by Crippen LogP contribution is -2.47. The van der Waals surface area contributed by atoms with Gasteiger partial charge in [-0.25, -0.2) is 8.42 Å². The van der Waals surface area contributed by atoms with Gasteiger partial charge in [-0.1, -0.05) is 42.3 Å². The first-order valence-electron chi connectivity index (χ1n) is 8.37. The lowest BCUT2D eigenvalue weighted by Gasteiger charge is -2.30. The Morgan fingerprint density at radius 2 is 1.78 bits per heavy atom. The largest absolute Gasteiger partial charge is 0.324 e. The van der Waals surface area contributed by atoms with Gasteiger partial charge in [0.2, 0.25) is 15.9 Å². The lowest BCUT2D eigenvalue weighted by atomic mass is 10.1. The Labute approximate surface area is 170 Å². The van der Waals surface area contributed by atoms with Gasteiger partial charge < -0.3 is 5.32 Å². The molecule has 8 heteroatoms. The molecule has 0 saturated heterocycles. The topological polar surface area (TPSA) is 66.5 Å². The summed E-state index contributed by atoms with van der Waals surface area (Å²) in [6.07, 6.45) is 1.34. The number of benzene rings is 2. The van der Waals surface area contributed by atoms with Crippen LogP contribution in [0.15, 0.2) is 36.4 Å². The first kappa shape index (κ1) is 21.5. The second-order valence-electron chi connectivity index (χ2n) is 6.39. The first-order chi connectivity index (χ1) is 12.5. The van der Waals surface area contributed by atoms with Crippen LogP contribution < -0.4 is 9.62 Å². The van der Waals surface area contributed by atoms with Crippen molar-refractivity contribution in [2.45, 2.75) is 33.2 Å². The molecule has 0 aliphatic rings. The molecule has 0 spiro atoms. The van der Waals surface area contributed by atoms with E-state index in [9.17, 15) is 13.2 Å². The maximum atomic E-state index is 12.9. The van der Waals surface area contributed by atoms with Crippen molar-refractivity contribution in [3.8, 4) is 0 Å². The number of halogens is 2. The van der Waals surface area contributed by atoms with Gasteiger partial charge in [-0.3, -0.25) is 9.10 Å². The number of nitrogens with one attached hydrogen (secondary N) is 1. The highest BCUT2D eigenvalue weighted by Gasteiger charge is 2.32. The second kappa shape index (κ2) is 8.50. The Morgan fingerprint density at radius 1 is 1.11 bits per heavy atom. The van der Waals surface area contributed by atoms with Crippen LogP contribution in [0.5, 0.6) is 0 Å². The number of amides is 1. The molecule has 1 unspecified atom stereocenters. The van der Waals surface area contributed by atoms with Gasteiger partial charge in [-0.05, 0) is 55.7 Å². The first-order valence-corrected chi connectivity index (χ1v) is 11.0. The van der Waals surface area contributed by atoms with Crippen LogP contribution in [0.2, 0.25) is 10.0 Å². The van der Waals surface area contributed by atoms with Crippen LogP contribution in [0.1, 0.15) is 24.5 Å². The van der Waals surface area contributed by atoms with Crippen LogP contribution in [0.25, 0.3) is 0 Å².